The second-order valence-corrected chi connectivity index (χ2v) is 5.03. The minimum absolute atomic E-state index is 0.0150. The number of hydrogen-bond donors (Lipinski definition) is 2. The van der Waals surface area contributed by atoms with Gasteiger partial charge in [0.2, 0.25) is 0 Å². The van der Waals surface area contributed by atoms with Crippen LogP contribution in [0.4, 0.5) is 0 Å². The highest BCUT2D eigenvalue weighted by Gasteiger charge is 2.22. The molecule has 4 nitrogen and oxygen atoms in total. The smallest absolute Gasteiger partial charge is 0.254 e. The molecule has 2 N–H and O–H groups in total. The highest BCUT2D eigenvalue weighted by molar-refractivity contribution is 5.94. The monoisotopic (exact) mass is 250 g/mol. The third-order valence-corrected chi connectivity index (χ3v) is 3.55. The number of carbonyl (C=O) groups excluding carboxylic acids is 1. The zero-order chi connectivity index (χ0) is 13.0. The molecule has 4 heteroatoms. The van der Waals surface area contributed by atoms with E-state index in [-0.39, 0.29) is 5.91 Å². The first-order valence-electron chi connectivity index (χ1n) is 6.78. The molecule has 0 unspecified atom stereocenters. The van der Waals surface area contributed by atoms with Crippen molar-refractivity contribution < 1.29 is 9.21 Å². The molecule has 1 fully saturated rings. The lowest BCUT2D eigenvalue weighted by molar-refractivity contribution is 0.0923. The Bertz CT molecular complexity index is 392. The zero-order valence-corrected chi connectivity index (χ0v) is 11.2. The molecule has 1 aliphatic carbocycles. The Kier molecular flexibility index (Phi) is 4.42. The van der Waals surface area contributed by atoms with Gasteiger partial charge in [0, 0.05) is 12.1 Å². The van der Waals surface area contributed by atoms with Crippen LogP contribution in [0.15, 0.2) is 16.7 Å². The first-order valence-corrected chi connectivity index (χ1v) is 6.78. The summed E-state index contributed by atoms with van der Waals surface area (Å²) < 4.78 is 5.15. The van der Waals surface area contributed by atoms with Gasteiger partial charge in [0.25, 0.3) is 5.91 Å². The first kappa shape index (κ1) is 13.1. The van der Waals surface area contributed by atoms with Crippen LogP contribution in [0.1, 0.15) is 48.7 Å². The van der Waals surface area contributed by atoms with E-state index >= 15 is 0 Å². The van der Waals surface area contributed by atoms with Crippen LogP contribution in [0, 0.1) is 6.92 Å². The predicted molar refractivity (Wildman–Crippen MR) is 70.6 cm³/mol. The molecule has 0 aliphatic heterocycles. The van der Waals surface area contributed by atoms with Gasteiger partial charge in [-0.1, -0.05) is 6.92 Å². The van der Waals surface area contributed by atoms with Gasteiger partial charge in [0.15, 0.2) is 0 Å². The first-order chi connectivity index (χ1) is 8.69. The van der Waals surface area contributed by atoms with E-state index in [2.05, 4.69) is 17.6 Å². The number of rotatable bonds is 4. The van der Waals surface area contributed by atoms with Crippen LogP contribution in [0.5, 0.6) is 0 Å². The summed E-state index contributed by atoms with van der Waals surface area (Å²) in [7, 11) is 0. The van der Waals surface area contributed by atoms with Crippen molar-refractivity contribution in [3.8, 4) is 0 Å². The molecule has 1 saturated carbocycles. The third-order valence-electron chi connectivity index (χ3n) is 3.55. The van der Waals surface area contributed by atoms with Gasteiger partial charge in [-0.3, -0.25) is 4.79 Å². The van der Waals surface area contributed by atoms with Crippen molar-refractivity contribution in [2.24, 2.45) is 0 Å². The summed E-state index contributed by atoms with van der Waals surface area (Å²) in [5.41, 5.74) is 0.626. The van der Waals surface area contributed by atoms with Gasteiger partial charge in [-0.2, -0.15) is 0 Å². The summed E-state index contributed by atoms with van der Waals surface area (Å²) in [5, 5.41) is 6.55. The minimum atomic E-state index is -0.0150. The normalized spacial score (nSPS) is 23.9. The van der Waals surface area contributed by atoms with E-state index in [1.54, 1.807) is 6.07 Å². The fraction of sp³-hybridized carbons (Fsp3) is 0.643. The maximum absolute atomic E-state index is 11.9. The Morgan fingerprint density at radius 3 is 2.56 bits per heavy atom. The van der Waals surface area contributed by atoms with E-state index in [0.717, 1.165) is 38.0 Å². The number of aryl methyl sites for hydroxylation is 1. The maximum Gasteiger partial charge on any atom is 0.254 e. The van der Waals surface area contributed by atoms with Crippen LogP contribution >= 0.6 is 0 Å². The Hall–Kier alpha value is -1.29. The van der Waals surface area contributed by atoms with Gasteiger partial charge in [-0.05, 0) is 45.2 Å². The lowest BCUT2D eigenvalue weighted by atomic mass is 9.91. The lowest BCUT2D eigenvalue weighted by Gasteiger charge is -2.29. The second kappa shape index (κ2) is 6.05. The Labute approximate surface area is 108 Å². The van der Waals surface area contributed by atoms with Crippen LogP contribution in [-0.2, 0) is 0 Å². The lowest BCUT2D eigenvalue weighted by Crippen LogP contribution is -2.42. The molecule has 1 aliphatic rings. The Balaban J connectivity index is 1.79. The van der Waals surface area contributed by atoms with E-state index < -0.39 is 0 Å². The third kappa shape index (κ3) is 3.35. The summed E-state index contributed by atoms with van der Waals surface area (Å²) in [6.07, 6.45) is 5.92. The topological polar surface area (TPSA) is 54.3 Å². The van der Waals surface area contributed by atoms with Gasteiger partial charge in [-0.15, -0.1) is 0 Å². The molecule has 0 aromatic carbocycles. The quantitative estimate of drug-likeness (QED) is 0.861. The standard InChI is InChI=1S/C14H22N2O2/c1-3-15-12-4-6-13(7-5-12)16-14(17)11-8-10(2)18-9-11/h8-9,12-13,15H,3-7H2,1-2H3,(H,16,17). The van der Waals surface area contributed by atoms with Crippen molar-refractivity contribution in [2.45, 2.75) is 51.6 Å². The summed E-state index contributed by atoms with van der Waals surface area (Å²) in [5.74, 6) is 0.759. The van der Waals surface area contributed by atoms with Crippen molar-refractivity contribution in [1.29, 1.82) is 0 Å². The van der Waals surface area contributed by atoms with E-state index in [9.17, 15) is 4.79 Å². The summed E-state index contributed by atoms with van der Waals surface area (Å²) in [6.45, 7) is 5.00. The van der Waals surface area contributed by atoms with Crippen molar-refractivity contribution in [3.05, 3.63) is 23.7 Å². The van der Waals surface area contributed by atoms with E-state index in [1.807, 2.05) is 6.92 Å². The van der Waals surface area contributed by atoms with Crippen LogP contribution in [0.25, 0.3) is 0 Å². The fourth-order valence-corrected chi connectivity index (χ4v) is 2.56. The number of furan rings is 1. The number of amides is 1. The van der Waals surface area contributed by atoms with Crippen molar-refractivity contribution in [2.75, 3.05) is 6.54 Å². The molecule has 18 heavy (non-hydrogen) atoms. The van der Waals surface area contributed by atoms with Gasteiger partial charge >= 0.3 is 0 Å². The molecule has 0 atom stereocenters. The van der Waals surface area contributed by atoms with E-state index in [1.165, 1.54) is 6.26 Å². The average molecular weight is 250 g/mol. The number of carbonyl (C=O) groups is 1. The molecule has 0 bridgehead atoms. The van der Waals surface area contributed by atoms with Gasteiger partial charge in [-0.25, -0.2) is 0 Å². The average Bonchev–Trinajstić information content (AvgIpc) is 2.79. The van der Waals surface area contributed by atoms with Crippen LogP contribution < -0.4 is 10.6 Å². The summed E-state index contributed by atoms with van der Waals surface area (Å²) in [6, 6.07) is 2.71. The van der Waals surface area contributed by atoms with Crippen LogP contribution in [0.3, 0.4) is 0 Å². The summed E-state index contributed by atoms with van der Waals surface area (Å²) in [4.78, 5) is 11.9. The molecular weight excluding hydrogens is 228 g/mol. The van der Waals surface area contributed by atoms with Crippen molar-refractivity contribution >= 4 is 5.91 Å². The molecular formula is C14H22N2O2. The van der Waals surface area contributed by atoms with E-state index in [0.29, 0.717) is 17.6 Å². The van der Waals surface area contributed by atoms with Gasteiger partial charge < -0.3 is 15.1 Å². The zero-order valence-electron chi connectivity index (χ0n) is 11.2. The SMILES string of the molecule is CCNC1CCC(NC(=O)c2coc(C)c2)CC1. The van der Waals surface area contributed by atoms with Crippen molar-refractivity contribution in [1.82, 2.24) is 10.6 Å². The van der Waals surface area contributed by atoms with Gasteiger partial charge in [0.1, 0.15) is 12.0 Å². The molecule has 1 aromatic rings. The molecule has 0 saturated heterocycles. The van der Waals surface area contributed by atoms with Gasteiger partial charge in [0.05, 0.1) is 5.56 Å². The predicted octanol–water partition coefficient (Wildman–Crippen LogP) is 2.24. The van der Waals surface area contributed by atoms with Crippen LogP contribution in [-0.4, -0.2) is 24.5 Å². The van der Waals surface area contributed by atoms with E-state index in [4.69, 9.17) is 4.42 Å². The largest absolute Gasteiger partial charge is 0.469 e. The fourth-order valence-electron chi connectivity index (χ4n) is 2.56. The van der Waals surface area contributed by atoms with Crippen LogP contribution in [0.2, 0.25) is 0 Å². The molecule has 100 valence electrons. The number of hydrogen-bond acceptors (Lipinski definition) is 3. The molecule has 1 heterocycles. The molecule has 0 radical (unpaired) electrons. The Morgan fingerprint density at radius 1 is 1.33 bits per heavy atom. The van der Waals surface area contributed by atoms with Crippen molar-refractivity contribution in [3.63, 3.8) is 0 Å². The number of nitrogens with one attached hydrogen (secondary N) is 2. The highest BCUT2D eigenvalue weighted by Crippen LogP contribution is 2.19. The molecule has 2 rings (SSSR count). The maximum atomic E-state index is 11.9. The molecule has 0 spiro atoms. The highest BCUT2D eigenvalue weighted by atomic mass is 16.3. The molecule has 1 amide bonds. The molecule has 1 aromatic heterocycles. The Morgan fingerprint density at radius 2 is 2.00 bits per heavy atom. The summed E-state index contributed by atoms with van der Waals surface area (Å²) >= 11 is 0. The minimum Gasteiger partial charge on any atom is -0.469 e. The second-order valence-electron chi connectivity index (χ2n) is 5.03.